The Bertz CT molecular complexity index is 1150. The molecule has 3 rings (SSSR count). The van der Waals surface area contributed by atoms with Crippen molar-refractivity contribution < 1.29 is 19.1 Å². The van der Waals surface area contributed by atoms with Crippen molar-refractivity contribution in [3.8, 4) is 0 Å². The summed E-state index contributed by atoms with van der Waals surface area (Å²) in [4.78, 5) is 55.0. The number of carbonyl (C=O) groups excluding carboxylic acids is 3. The molecule has 31 heavy (non-hydrogen) atoms. The van der Waals surface area contributed by atoms with E-state index in [4.69, 9.17) is 4.74 Å². The van der Waals surface area contributed by atoms with Gasteiger partial charge in [-0.1, -0.05) is 6.07 Å². The Morgan fingerprint density at radius 2 is 2.06 bits per heavy atom. The fourth-order valence-corrected chi connectivity index (χ4v) is 4.52. The monoisotopic (exact) mass is 462 g/mol. The second kappa shape index (κ2) is 10.3. The van der Waals surface area contributed by atoms with Crippen LogP contribution in [0.3, 0.4) is 0 Å². The molecule has 0 saturated heterocycles. The second-order valence-electron chi connectivity index (χ2n) is 6.75. The predicted octanol–water partition coefficient (Wildman–Crippen LogP) is 2.14. The van der Waals surface area contributed by atoms with E-state index in [1.807, 2.05) is 31.4 Å². The zero-order valence-corrected chi connectivity index (χ0v) is 18.7. The lowest BCUT2D eigenvalue weighted by atomic mass is 10.2. The smallest absolute Gasteiger partial charge is 0.321 e. The van der Waals surface area contributed by atoms with Gasteiger partial charge in [0, 0.05) is 22.8 Å². The van der Waals surface area contributed by atoms with Gasteiger partial charge in [0.1, 0.15) is 4.83 Å². The lowest BCUT2D eigenvalue weighted by molar-refractivity contribution is -0.148. The quantitative estimate of drug-likeness (QED) is 0.495. The molecule has 0 aliphatic rings. The molecular weight excluding hydrogens is 440 g/mol. The van der Waals surface area contributed by atoms with E-state index in [1.54, 1.807) is 11.3 Å². The topological polar surface area (TPSA) is 119 Å². The summed E-state index contributed by atoms with van der Waals surface area (Å²) >= 11 is 3.04. The Kier molecular flexibility index (Phi) is 7.53. The number of fused-ring (bicyclic) bond motifs is 1. The van der Waals surface area contributed by atoms with Crippen molar-refractivity contribution in [3.05, 3.63) is 49.5 Å². The summed E-state index contributed by atoms with van der Waals surface area (Å²) in [6.45, 7) is 3.69. The number of aryl methyl sites for hydroxylation is 3. The summed E-state index contributed by atoms with van der Waals surface area (Å²) in [5, 5.41) is 7.17. The molecular formula is C20H22N4O5S2. The van der Waals surface area contributed by atoms with Crippen LogP contribution in [0.25, 0.3) is 10.2 Å². The van der Waals surface area contributed by atoms with Crippen LogP contribution in [0, 0.1) is 13.8 Å². The molecule has 3 heterocycles. The molecule has 0 aromatic carbocycles. The Labute approximate surface area is 186 Å². The largest absolute Gasteiger partial charge is 0.456 e. The number of urea groups is 1. The number of nitrogens with zero attached hydrogens (tertiary/aromatic N) is 2. The first kappa shape index (κ1) is 22.6. The molecule has 0 unspecified atom stereocenters. The van der Waals surface area contributed by atoms with Gasteiger partial charge in [0.15, 0.2) is 6.61 Å². The molecule has 3 amide bonds. The fraction of sp³-hybridized carbons (Fsp3) is 0.350. The maximum atomic E-state index is 12.6. The number of imide groups is 1. The molecule has 0 radical (unpaired) electrons. The van der Waals surface area contributed by atoms with Gasteiger partial charge in [0.05, 0.1) is 18.1 Å². The first-order valence-electron chi connectivity index (χ1n) is 9.56. The average molecular weight is 463 g/mol. The normalized spacial score (nSPS) is 10.8. The predicted molar refractivity (Wildman–Crippen MR) is 118 cm³/mol. The zero-order chi connectivity index (χ0) is 22.4. The third kappa shape index (κ3) is 5.98. The number of ether oxygens (including phenoxy) is 1. The molecule has 0 aliphatic heterocycles. The summed E-state index contributed by atoms with van der Waals surface area (Å²) in [6.07, 6.45) is 1.97. The van der Waals surface area contributed by atoms with E-state index < -0.39 is 24.5 Å². The van der Waals surface area contributed by atoms with E-state index in [0.29, 0.717) is 23.2 Å². The van der Waals surface area contributed by atoms with Crippen molar-refractivity contribution in [1.29, 1.82) is 0 Å². The summed E-state index contributed by atoms with van der Waals surface area (Å²) in [5.74, 6) is -1.38. The molecule has 9 nitrogen and oxygen atoms in total. The average Bonchev–Trinajstić information content (AvgIpc) is 3.34. The van der Waals surface area contributed by atoms with E-state index in [2.05, 4.69) is 15.6 Å². The second-order valence-corrected chi connectivity index (χ2v) is 8.99. The molecule has 0 saturated carbocycles. The maximum Gasteiger partial charge on any atom is 0.321 e. The van der Waals surface area contributed by atoms with Crippen LogP contribution in [0.4, 0.5) is 4.79 Å². The van der Waals surface area contributed by atoms with Crippen molar-refractivity contribution in [3.63, 3.8) is 0 Å². The van der Waals surface area contributed by atoms with Gasteiger partial charge in [-0.05, 0) is 37.3 Å². The molecule has 2 N–H and O–H groups in total. The zero-order valence-electron chi connectivity index (χ0n) is 17.1. The molecule has 3 aromatic rings. The number of thiophene rings is 2. The number of nitrogens with one attached hydrogen (secondary N) is 2. The van der Waals surface area contributed by atoms with Crippen LogP contribution in [0.5, 0.6) is 0 Å². The third-order valence-corrected chi connectivity index (χ3v) is 6.62. The molecule has 11 heteroatoms. The van der Waals surface area contributed by atoms with Gasteiger partial charge < -0.3 is 10.1 Å². The Hall–Kier alpha value is -3.05. The Morgan fingerprint density at radius 1 is 1.26 bits per heavy atom. The highest BCUT2D eigenvalue weighted by Gasteiger charge is 2.14. The van der Waals surface area contributed by atoms with Crippen LogP contribution in [0.15, 0.2) is 28.6 Å². The van der Waals surface area contributed by atoms with Crippen molar-refractivity contribution in [1.82, 2.24) is 20.2 Å². The van der Waals surface area contributed by atoms with Crippen LogP contribution in [-0.4, -0.2) is 40.6 Å². The maximum absolute atomic E-state index is 12.6. The van der Waals surface area contributed by atoms with Crippen LogP contribution in [0.2, 0.25) is 0 Å². The summed E-state index contributed by atoms with van der Waals surface area (Å²) < 4.78 is 6.23. The first-order chi connectivity index (χ1) is 14.8. The lowest BCUT2D eigenvalue weighted by Gasteiger charge is -2.08. The van der Waals surface area contributed by atoms with Crippen LogP contribution in [0.1, 0.15) is 21.7 Å². The first-order valence-corrected chi connectivity index (χ1v) is 11.3. The molecule has 164 valence electrons. The minimum atomic E-state index is -0.730. The van der Waals surface area contributed by atoms with Gasteiger partial charge in [-0.25, -0.2) is 9.78 Å². The molecule has 0 bridgehead atoms. The van der Waals surface area contributed by atoms with Crippen molar-refractivity contribution in [2.45, 2.75) is 33.2 Å². The molecule has 0 atom stereocenters. The minimum Gasteiger partial charge on any atom is -0.456 e. The minimum absolute atomic E-state index is 0.0831. The molecule has 0 spiro atoms. The van der Waals surface area contributed by atoms with Gasteiger partial charge >= 0.3 is 12.0 Å². The van der Waals surface area contributed by atoms with Crippen LogP contribution >= 0.6 is 22.7 Å². The molecule has 0 aliphatic carbocycles. The summed E-state index contributed by atoms with van der Waals surface area (Å²) in [7, 11) is 0. The van der Waals surface area contributed by atoms with E-state index in [-0.39, 0.29) is 18.5 Å². The fourth-order valence-electron chi connectivity index (χ4n) is 2.82. The van der Waals surface area contributed by atoms with E-state index in [0.717, 1.165) is 15.3 Å². The van der Waals surface area contributed by atoms with Gasteiger partial charge in [0.25, 0.3) is 11.5 Å². The van der Waals surface area contributed by atoms with Crippen molar-refractivity contribution in [2.24, 2.45) is 0 Å². The number of hydrogen-bond donors (Lipinski definition) is 2. The van der Waals surface area contributed by atoms with Gasteiger partial charge in [0.2, 0.25) is 0 Å². The van der Waals surface area contributed by atoms with E-state index >= 15 is 0 Å². The highest BCUT2D eigenvalue weighted by atomic mass is 32.1. The molecule has 0 fully saturated rings. The number of rotatable bonds is 8. The standard InChI is InChI=1S/C20H22N4O5S2/c1-12-13(2)31-18-17(12)19(27)24(11-22-18)8-6-16(26)29-10-15(25)23-20(28)21-7-5-14-4-3-9-30-14/h3-4,9,11H,5-8,10H2,1-2H3,(H2,21,23,25,28). The Balaban J connectivity index is 1.40. The number of aromatic nitrogens is 2. The van der Waals surface area contributed by atoms with Crippen LogP contribution < -0.4 is 16.2 Å². The highest BCUT2D eigenvalue weighted by molar-refractivity contribution is 7.18. The van der Waals surface area contributed by atoms with Crippen molar-refractivity contribution in [2.75, 3.05) is 13.2 Å². The van der Waals surface area contributed by atoms with Gasteiger partial charge in [-0.15, -0.1) is 22.7 Å². The molecule has 3 aromatic heterocycles. The van der Waals surface area contributed by atoms with Crippen LogP contribution in [-0.2, 0) is 27.3 Å². The summed E-state index contributed by atoms with van der Waals surface area (Å²) in [6, 6.07) is 3.23. The van der Waals surface area contributed by atoms with Crippen molar-refractivity contribution >= 4 is 50.8 Å². The number of amides is 3. The SMILES string of the molecule is Cc1sc2ncn(CCC(=O)OCC(=O)NC(=O)NCCc3cccs3)c(=O)c2c1C. The van der Waals surface area contributed by atoms with Gasteiger partial charge in [-0.2, -0.15) is 0 Å². The van der Waals surface area contributed by atoms with Gasteiger partial charge in [-0.3, -0.25) is 24.3 Å². The third-order valence-electron chi connectivity index (χ3n) is 4.57. The Morgan fingerprint density at radius 3 is 2.81 bits per heavy atom. The summed E-state index contributed by atoms with van der Waals surface area (Å²) in [5.41, 5.74) is 0.677. The number of hydrogen-bond acceptors (Lipinski definition) is 8. The number of esters is 1. The highest BCUT2D eigenvalue weighted by Crippen LogP contribution is 2.25. The van der Waals surface area contributed by atoms with E-state index in [9.17, 15) is 19.2 Å². The number of carbonyl (C=O) groups is 3. The lowest BCUT2D eigenvalue weighted by Crippen LogP contribution is -2.42. The van der Waals surface area contributed by atoms with E-state index in [1.165, 1.54) is 22.2 Å².